The van der Waals surface area contributed by atoms with Crippen molar-refractivity contribution < 1.29 is 14.3 Å². The molecule has 2 aromatic carbocycles. The highest BCUT2D eigenvalue weighted by Crippen LogP contribution is 2.46. The van der Waals surface area contributed by atoms with Gasteiger partial charge in [-0.15, -0.1) is 0 Å². The van der Waals surface area contributed by atoms with Gasteiger partial charge in [0.05, 0.1) is 24.8 Å². The molecule has 4 rings (SSSR count). The van der Waals surface area contributed by atoms with Crippen molar-refractivity contribution in [2.45, 2.75) is 12.3 Å². The molecule has 8 heteroatoms. The van der Waals surface area contributed by atoms with Gasteiger partial charge in [-0.1, -0.05) is 35.1 Å². The minimum atomic E-state index is -0.244. The topological polar surface area (TPSA) is 60.8 Å². The van der Waals surface area contributed by atoms with Gasteiger partial charge in [-0.25, -0.2) is 0 Å². The second-order valence-electron chi connectivity index (χ2n) is 6.69. The fourth-order valence-electron chi connectivity index (χ4n) is 3.64. The van der Waals surface area contributed by atoms with Gasteiger partial charge in [0.1, 0.15) is 5.82 Å². The summed E-state index contributed by atoms with van der Waals surface area (Å²) in [5.41, 5.74) is 1.53. The minimum absolute atomic E-state index is 0.104. The minimum Gasteiger partial charge on any atom is -0.493 e. The zero-order valence-corrected chi connectivity index (χ0v) is 17.7. The molecule has 0 bridgehead atoms. The highest BCUT2D eigenvalue weighted by atomic mass is 35.5. The molecule has 0 aliphatic carbocycles. The number of carbonyl (C=O) groups excluding carboxylic acids is 1. The van der Waals surface area contributed by atoms with Crippen molar-refractivity contribution in [1.29, 1.82) is 0 Å². The van der Waals surface area contributed by atoms with E-state index in [1.165, 1.54) is 4.57 Å². The predicted molar refractivity (Wildman–Crippen MR) is 114 cm³/mol. The van der Waals surface area contributed by atoms with Crippen LogP contribution in [-0.4, -0.2) is 24.7 Å². The number of fused-ring (bicyclic) bond motifs is 1. The Labute approximate surface area is 176 Å². The van der Waals surface area contributed by atoms with Gasteiger partial charge >= 0.3 is 4.87 Å². The van der Waals surface area contributed by atoms with E-state index in [1.54, 1.807) is 44.4 Å². The van der Waals surface area contributed by atoms with E-state index in [0.29, 0.717) is 28.0 Å². The number of carbonyl (C=O) groups is 1. The Bertz CT molecular complexity index is 1150. The van der Waals surface area contributed by atoms with Crippen molar-refractivity contribution in [3.8, 4) is 11.5 Å². The van der Waals surface area contributed by atoms with Crippen LogP contribution in [0.5, 0.6) is 11.5 Å². The van der Waals surface area contributed by atoms with E-state index in [4.69, 9.17) is 21.1 Å². The molecular weight excluding hydrogens is 412 g/mol. The normalized spacial score (nSPS) is 15.9. The Morgan fingerprint density at radius 3 is 2.52 bits per heavy atom. The van der Waals surface area contributed by atoms with Gasteiger partial charge in [0, 0.05) is 24.4 Å². The molecular formula is C21H19ClN2O4S. The maximum Gasteiger partial charge on any atom is 0.308 e. The van der Waals surface area contributed by atoms with Crippen molar-refractivity contribution in [1.82, 2.24) is 4.57 Å². The third-order valence-electron chi connectivity index (χ3n) is 5.04. The van der Waals surface area contributed by atoms with E-state index in [0.717, 1.165) is 21.8 Å². The lowest BCUT2D eigenvalue weighted by molar-refractivity contribution is -0.118. The second-order valence-corrected chi connectivity index (χ2v) is 8.12. The number of ether oxygens (including phenoxy) is 2. The summed E-state index contributed by atoms with van der Waals surface area (Å²) < 4.78 is 12.3. The number of aromatic nitrogens is 1. The summed E-state index contributed by atoms with van der Waals surface area (Å²) in [6.07, 6.45) is 0.231. The molecule has 3 aromatic rings. The zero-order chi connectivity index (χ0) is 20.7. The number of thiazole rings is 1. The summed E-state index contributed by atoms with van der Waals surface area (Å²) in [7, 11) is 4.83. The largest absolute Gasteiger partial charge is 0.493 e. The summed E-state index contributed by atoms with van der Waals surface area (Å²) in [5.74, 6) is 1.43. The van der Waals surface area contributed by atoms with Crippen LogP contribution in [0.4, 0.5) is 11.5 Å². The van der Waals surface area contributed by atoms with Crippen LogP contribution < -0.4 is 19.2 Å². The third-order valence-corrected chi connectivity index (χ3v) is 6.41. The molecule has 0 N–H and O–H groups in total. The molecule has 1 atom stereocenters. The lowest BCUT2D eigenvalue weighted by Crippen LogP contribution is -2.34. The molecule has 0 unspecified atom stereocenters. The van der Waals surface area contributed by atoms with Crippen LogP contribution in [0.3, 0.4) is 0 Å². The molecule has 0 fully saturated rings. The predicted octanol–water partition coefficient (Wildman–Crippen LogP) is 4.32. The third kappa shape index (κ3) is 3.30. The Kier molecular flexibility index (Phi) is 5.10. The van der Waals surface area contributed by atoms with Gasteiger partial charge in [0.15, 0.2) is 11.5 Å². The van der Waals surface area contributed by atoms with Crippen LogP contribution in [-0.2, 0) is 11.8 Å². The van der Waals surface area contributed by atoms with Crippen LogP contribution in [0.1, 0.15) is 22.8 Å². The van der Waals surface area contributed by atoms with Crippen LogP contribution >= 0.6 is 22.9 Å². The first-order valence-electron chi connectivity index (χ1n) is 8.94. The SMILES string of the molecule is COc1ccc([C@@H]2CC(=O)N(c3cccc(Cl)c3)c3c2sc(=O)n3C)cc1OC. The Morgan fingerprint density at radius 2 is 1.83 bits per heavy atom. The number of methoxy groups -OCH3 is 2. The molecule has 1 aliphatic heterocycles. The number of amides is 1. The Balaban J connectivity index is 1.87. The van der Waals surface area contributed by atoms with Crippen molar-refractivity contribution in [3.05, 3.63) is 67.6 Å². The quantitative estimate of drug-likeness (QED) is 0.618. The van der Waals surface area contributed by atoms with E-state index in [-0.39, 0.29) is 23.1 Å². The van der Waals surface area contributed by atoms with Gasteiger partial charge in [-0.2, -0.15) is 0 Å². The van der Waals surface area contributed by atoms with Crippen LogP contribution in [0, 0.1) is 0 Å². The van der Waals surface area contributed by atoms with Crippen molar-refractivity contribution in [2.24, 2.45) is 7.05 Å². The number of anilines is 2. The average Bonchev–Trinajstić information content (AvgIpc) is 3.01. The molecule has 0 saturated carbocycles. The Morgan fingerprint density at radius 1 is 1.07 bits per heavy atom. The van der Waals surface area contributed by atoms with E-state index in [9.17, 15) is 9.59 Å². The number of rotatable bonds is 4. The first-order chi connectivity index (χ1) is 13.9. The van der Waals surface area contributed by atoms with E-state index in [2.05, 4.69) is 0 Å². The lowest BCUT2D eigenvalue weighted by Gasteiger charge is -2.32. The van der Waals surface area contributed by atoms with E-state index >= 15 is 0 Å². The molecule has 150 valence electrons. The maximum atomic E-state index is 13.2. The fourth-order valence-corrected chi connectivity index (χ4v) is 4.92. The van der Waals surface area contributed by atoms with Gasteiger partial charge in [-0.3, -0.25) is 19.1 Å². The number of hydrogen-bond acceptors (Lipinski definition) is 5. The molecule has 1 aromatic heterocycles. The van der Waals surface area contributed by atoms with Crippen LogP contribution in [0.25, 0.3) is 0 Å². The van der Waals surface area contributed by atoms with Gasteiger partial charge < -0.3 is 9.47 Å². The molecule has 0 radical (unpaired) electrons. The number of halogens is 1. The molecule has 1 aliphatic rings. The van der Waals surface area contributed by atoms with E-state index in [1.807, 2.05) is 24.3 Å². The molecule has 1 amide bonds. The first-order valence-corrected chi connectivity index (χ1v) is 10.1. The van der Waals surface area contributed by atoms with E-state index < -0.39 is 0 Å². The van der Waals surface area contributed by atoms with Crippen LogP contribution in [0.2, 0.25) is 5.02 Å². The van der Waals surface area contributed by atoms with Gasteiger partial charge in [-0.05, 0) is 35.9 Å². The Hall–Kier alpha value is -2.77. The van der Waals surface area contributed by atoms with Crippen molar-refractivity contribution >= 4 is 40.4 Å². The zero-order valence-electron chi connectivity index (χ0n) is 16.1. The first kappa shape index (κ1) is 19.5. The second kappa shape index (κ2) is 7.57. The lowest BCUT2D eigenvalue weighted by atomic mass is 9.90. The summed E-state index contributed by atoms with van der Waals surface area (Å²) in [6.45, 7) is 0. The smallest absolute Gasteiger partial charge is 0.308 e. The van der Waals surface area contributed by atoms with Gasteiger partial charge in [0.25, 0.3) is 0 Å². The number of benzene rings is 2. The van der Waals surface area contributed by atoms with Gasteiger partial charge in [0.2, 0.25) is 5.91 Å². The van der Waals surface area contributed by atoms with Crippen molar-refractivity contribution in [3.63, 3.8) is 0 Å². The standard InChI is InChI=1S/C21H19ClN2O4S/c1-23-20-19(29-21(23)26)15(12-7-8-16(27-2)17(9-12)28-3)11-18(25)24(20)14-6-4-5-13(22)10-14/h4-10,15H,11H2,1-3H3/t15-/m0/s1. The molecule has 0 spiro atoms. The molecule has 2 heterocycles. The summed E-state index contributed by atoms with van der Waals surface area (Å²) in [6, 6.07) is 12.7. The molecule has 29 heavy (non-hydrogen) atoms. The highest BCUT2D eigenvalue weighted by Gasteiger charge is 2.37. The van der Waals surface area contributed by atoms with Crippen LogP contribution in [0.15, 0.2) is 47.3 Å². The molecule has 6 nitrogen and oxygen atoms in total. The summed E-state index contributed by atoms with van der Waals surface area (Å²) >= 11 is 7.30. The highest BCUT2D eigenvalue weighted by molar-refractivity contribution is 7.10. The number of nitrogens with zero attached hydrogens (tertiary/aromatic N) is 2. The fraction of sp³-hybridized carbons (Fsp3) is 0.238. The summed E-state index contributed by atoms with van der Waals surface area (Å²) in [4.78, 5) is 28.0. The maximum absolute atomic E-state index is 13.2. The molecule has 0 saturated heterocycles. The number of hydrogen-bond donors (Lipinski definition) is 0. The average molecular weight is 431 g/mol. The van der Waals surface area contributed by atoms with Crippen molar-refractivity contribution in [2.75, 3.05) is 19.1 Å². The summed E-state index contributed by atoms with van der Waals surface area (Å²) in [5, 5.41) is 0.527. The monoisotopic (exact) mass is 430 g/mol.